The molecular formula is C25H31NO7. The fourth-order valence-corrected chi connectivity index (χ4v) is 3.26. The number of phenolic OH excluding ortho intramolecular Hbond substituents is 1. The molecule has 0 heterocycles. The summed E-state index contributed by atoms with van der Waals surface area (Å²) >= 11 is 0. The zero-order valence-corrected chi connectivity index (χ0v) is 19.6. The van der Waals surface area contributed by atoms with Crippen LogP contribution in [-0.2, 0) is 32.3 Å². The molecule has 0 aliphatic carbocycles. The van der Waals surface area contributed by atoms with Gasteiger partial charge in [0, 0.05) is 13.5 Å². The van der Waals surface area contributed by atoms with Crippen LogP contribution in [0.15, 0.2) is 36.4 Å². The minimum Gasteiger partial charge on any atom is -0.504 e. The molecule has 0 radical (unpaired) electrons. The van der Waals surface area contributed by atoms with Crippen LogP contribution in [0.5, 0.6) is 17.2 Å². The number of ether oxygens (including phenoxy) is 3. The standard InChI is InChI=1S/C25H31NO7/c1-15(2)20(25(30)26-13-18-6-8-21(28)23(11-18)31-5)12-24(29)32-14-19-7-9-22(16(3)10-19)33-17(4)27/h6-11,15,20,28H,12-14H2,1-5H3,(H,26,30)/t20-/m0/s1. The van der Waals surface area contributed by atoms with Crippen molar-refractivity contribution in [2.45, 2.75) is 47.3 Å². The second-order valence-corrected chi connectivity index (χ2v) is 8.13. The Morgan fingerprint density at radius 2 is 1.73 bits per heavy atom. The first-order valence-electron chi connectivity index (χ1n) is 10.7. The summed E-state index contributed by atoms with van der Waals surface area (Å²) in [5.74, 6) is -0.956. The molecule has 0 bridgehead atoms. The number of hydrogen-bond donors (Lipinski definition) is 2. The number of esters is 2. The Morgan fingerprint density at radius 1 is 1.03 bits per heavy atom. The predicted molar refractivity (Wildman–Crippen MR) is 122 cm³/mol. The first-order valence-corrected chi connectivity index (χ1v) is 10.7. The molecule has 1 atom stereocenters. The predicted octanol–water partition coefficient (Wildman–Crippen LogP) is 3.66. The van der Waals surface area contributed by atoms with Gasteiger partial charge in [-0.05, 0) is 53.8 Å². The highest BCUT2D eigenvalue weighted by Crippen LogP contribution is 2.26. The first-order chi connectivity index (χ1) is 15.6. The lowest BCUT2D eigenvalue weighted by Gasteiger charge is -2.20. The summed E-state index contributed by atoms with van der Waals surface area (Å²) in [6, 6.07) is 9.98. The summed E-state index contributed by atoms with van der Waals surface area (Å²) in [6.07, 6.45) is -0.0487. The lowest BCUT2D eigenvalue weighted by Crippen LogP contribution is -2.35. The quantitative estimate of drug-likeness (QED) is 0.414. The van der Waals surface area contributed by atoms with Crippen molar-refractivity contribution in [2.24, 2.45) is 11.8 Å². The number of hydrogen-bond acceptors (Lipinski definition) is 7. The molecule has 2 rings (SSSR count). The molecule has 0 unspecified atom stereocenters. The second kappa shape index (κ2) is 11.9. The van der Waals surface area contributed by atoms with Gasteiger partial charge >= 0.3 is 11.9 Å². The maximum Gasteiger partial charge on any atom is 0.308 e. The van der Waals surface area contributed by atoms with Crippen LogP contribution in [0.3, 0.4) is 0 Å². The molecule has 2 aromatic carbocycles. The maximum atomic E-state index is 12.7. The molecular weight excluding hydrogens is 426 g/mol. The molecule has 0 saturated heterocycles. The molecule has 0 fully saturated rings. The third-order valence-corrected chi connectivity index (χ3v) is 5.13. The first kappa shape index (κ1) is 25.7. The molecule has 178 valence electrons. The van der Waals surface area contributed by atoms with E-state index >= 15 is 0 Å². The van der Waals surface area contributed by atoms with Gasteiger partial charge in [0.25, 0.3) is 0 Å². The van der Waals surface area contributed by atoms with Gasteiger partial charge in [-0.15, -0.1) is 0 Å². The van der Waals surface area contributed by atoms with Crippen molar-refractivity contribution in [2.75, 3.05) is 7.11 Å². The van der Waals surface area contributed by atoms with Crippen LogP contribution in [0.4, 0.5) is 0 Å². The normalized spacial score (nSPS) is 11.6. The Bertz CT molecular complexity index is 1000. The van der Waals surface area contributed by atoms with Gasteiger partial charge < -0.3 is 24.6 Å². The van der Waals surface area contributed by atoms with E-state index in [1.165, 1.54) is 20.1 Å². The molecule has 0 aromatic heterocycles. The Kier molecular flexibility index (Phi) is 9.27. The molecule has 1 amide bonds. The fourth-order valence-electron chi connectivity index (χ4n) is 3.26. The summed E-state index contributed by atoms with van der Waals surface area (Å²) in [6.45, 7) is 7.17. The van der Waals surface area contributed by atoms with E-state index in [2.05, 4.69) is 5.32 Å². The SMILES string of the molecule is COc1cc(CNC(=O)[C@@H](CC(=O)OCc2ccc(OC(C)=O)c(C)c2)C(C)C)ccc1O. The largest absolute Gasteiger partial charge is 0.504 e. The van der Waals surface area contributed by atoms with Gasteiger partial charge in [-0.2, -0.15) is 0 Å². The van der Waals surface area contributed by atoms with Crippen molar-refractivity contribution in [1.82, 2.24) is 5.32 Å². The molecule has 2 aromatic rings. The number of aryl methyl sites for hydroxylation is 1. The van der Waals surface area contributed by atoms with E-state index in [-0.39, 0.29) is 37.1 Å². The third kappa shape index (κ3) is 7.82. The minimum atomic E-state index is -0.551. The summed E-state index contributed by atoms with van der Waals surface area (Å²) in [7, 11) is 1.45. The molecule has 33 heavy (non-hydrogen) atoms. The number of aromatic hydroxyl groups is 1. The number of carbonyl (C=O) groups is 3. The third-order valence-electron chi connectivity index (χ3n) is 5.13. The average molecular weight is 458 g/mol. The number of phenols is 1. The molecule has 0 saturated carbocycles. The van der Waals surface area contributed by atoms with Crippen LogP contribution < -0.4 is 14.8 Å². The van der Waals surface area contributed by atoms with Gasteiger partial charge in [0.05, 0.1) is 19.4 Å². The Labute approximate surface area is 193 Å². The van der Waals surface area contributed by atoms with Gasteiger partial charge in [-0.3, -0.25) is 14.4 Å². The van der Waals surface area contributed by atoms with Crippen LogP contribution >= 0.6 is 0 Å². The summed E-state index contributed by atoms with van der Waals surface area (Å²) < 4.78 is 15.5. The van der Waals surface area contributed by atoms with E-state index in [0.717, 1.165) is 16.7 Å². The van der Waals surface area contributed by atoms with Gasteiger partial charge in [-0.1, -0.05) is 26.0 Å². The lowest BCUT2D eigenvalue weighted by molar-refractivity contribution is -0.148. The molecule has 0 aliphatic heterocycles. The maximum absolute atomic E-state index is 12.7. The van der Waals surface area contributed by atoms with Crippen molar-refractivity contribution in [1.29, 1.82) is 0 Å². The number of amides is 1. The lowest BCUT2D eigenvalue weighted by atomic mass is 9.91. The van der Waals surface area contributed by atoms with E-state index in [4.69, 9.17) is 14.2 Å². The zero-order valence-electron chi connectivity index (χ0n) is 19.6. The topological polar surface area (TPSA) is 111 Å². The van der Waals surface area contributed by atoms with Crippen molar-refractivity contribution in [3.05, 3.63) is 53.1 Å². The van der Waals surface area contributed by atoms with E-state index < -0.39 is 17.9 Å². The van der Waals surface area contributed by atoms with Crippen LogP contribution in [-0.4, -0.2) is 30.1 Å². The van der Waals surface area contributed by atoms with Crippen LogP contribution in [0.1, 0.15) is 43.9 Å². The molecule has 2 N–H and O–H groups in total. The summed E-state index contributed by atoms with van der Waals surface area (Å²) in [4.78, 5) is 36.2. The molecule has 8 heteroatoms. The Hall–Kier alpha value is -3.55. The van der Waals surface area contributed by atoms with Crippen LogP contribution in [0.2, 0.25) is 0 Å². The number of methoxy groups -OCH3 is 1. The van der Waals surface area contributed by atoms with Crippen LogP contribution in [0, 0.1) is 18.8 Å². The zero-order chi connectivity index (χ0) is 24.5. The van der Waals surface area contributed by atoms with E-state index in [9.17, 15) is 19.5 Å². The number of benzene rings is 2. The van der Waals surface area contributed by atoms with Crippen LogP contribution in [0.25, 0.3) is 0 Å². The van der Waals surface area contributed by atoms with Crippen molar-refractivity contribution in [3.8, 4) is 17.2 Å². The minimum absolute atomic E-state index is 0.0200. The number of carbonyl (C=O) groups excluding carboxylic acids is 3. The molecule has 0 spiro atoms. The number of rotatable bonds is 10. The van der Waals surface area contributed by atoms with Crippen molar-refractivity contribution in [3.63, 3.8) is 0 Å². The smallest absolute Gasteiger partial charge is 0.308 e. The molecule has 8 nitrogen and oxygen atoms in total. The van der Waals surface area contributed by atoms with Gasteiger partial charge in [0.15, 0.2) is 11.5 Å². The summed E-state index contributed by atoms with van der Waals surface area (Å²) in [5.41, 5.74) is 2.27. The van der Waals surface area contributed by atoms with E-state index in [1.54, 1.807) is 37.3 Å². The number of nitrogens with one attached hydrogen (secondary N) is 1. The average Bonchev–Trinajstić information content (AvgIpc) is 2.76. The van der Waals surface area contributed by atoms with Crippen molar-refractivity contribution < 1.29 is 33.7 Å². The monoisotopic (exact) mass is 457 g/mol. The Morgan fingerprint density at radius 3 is 2.33 bits per heavy atom. The van der Waals surface area contributed by atoms with Gasteiger partial charge in [-0.25, -0.2) is 0 Å². The second-order valence-electron chi connectivity index (χ2n) is 8.13. The summed E-state index contributed by atoms with van der Waals surface area (Å²) in [5, 5.41) is 12.5. The van der Waals surface area contributed by atoms with Gasteiger partial charge in [0.1, 0.15) is 12.4 Å². The highest BCUT2D eigenvalue weighted by atomic mass is 16.5. The molecule has 0 aliphatic rings. The van der Waals surface area contributed by atoms with Crippen molar-refractivity contribution >= 4 is 17.8 Å². The highest BCUT2D eigenvalue weighted by molar-refractivity contribution is 5.84. The fraction of sp³-hybridized carbons (Fsp3) is 0.400. The van der Waals surface area contributed by atoms with E-state index in [0.29, 0.717) is 11.5 Å². The highest BCUT2D eigenvalue weighted by Gasteiger charge is 2.26. The van der Waals surface area contributed by atoms with E-state index in [1.807, 2.05) is 13.8 Å². The van der Waals surface area contributed by atoms with Gasteiger partial charge in [0.2, 0.25) is 5.91 Å². The Balaban J connectivity index is 1.91.